The first-order valence-electron chi connectivity index (χ1n) is 32.7. The van der Waals surface area contributed by atoms with Crippen molar-refractivity contribution in [1.82, 2.24) is 0 Å². The molecule has 0 heteroatoms. The van der Waals surface area contributed by atoms with Gasteiger partial charge in [-0.15, -0.1) is 0 Å². The molecule has 0 saturated heterocycles. The van der Waals surface area contributed by atoms with Crippen LogP contribution in [0.2, 0.25) is 0 Å². The minimum atomic E-state index is -1.14. The molecule has 12 rings (SSSR count). The van der Waals surface area contributed by atoms with Gasteiger partial charge in [0.25, 0.3) is 0 Å². The third-order valence-electron chi connectivity index (χ3n) is 9.61. The predicted molar refractivity (Wildman–Crippen MR) is 237 cm³/mol. The number of benzene rings is 12. The first kappa shape index (κ1) is 12.8. The largest absolute Gasteiger partial charge is 0.0636 e. The standard InChI is InChI=1S/C55H34/c1-2-9-36(10-3-1)49-31-34(30-44-22-21-41-19-17-37-12-6-14-39-24-27-46(44)54(41)51(37)39)32-50(53(49)45-23-16-35-8-4-5-11-43(35)33-45)47-28-25-42-20-18-38-13-7-15-40-26-29-48(47)55(42)52(38)40/h1-29,31-33H,30H2/i1D,2D,3D,4D,5D,6D,7D,8D,9D,10D,11D,12D,13D,14D,15D,16D,17D,18D,19D,20D,21D,22D,23D,24D,25D,26D,27D,28D,29D,31D,32D,33D. The maximum atomic E-state index is 10.6. The van der Waals surface area contributed by atoms with Gasteiger partial charge >= 0.3 is 0 Å². The molecule has 0 aliphatic rings. The normalized spacial score (nSPS) is 20.2. The summed E-state index contributed by atoms with van der Waals surface area (Å²) in [4.78, 5) is 0. The van der Waals surface area contributed by atoms with Crippen molar-refractivity contribution >= 4 is 75.4 Å². The van der Waals surface area contributed by atoms with Gasteiger partial charge in [0, 0.05) is 0 Å². The van der Waals surface area contributed by atoms with Crippen molar-refractivity contribution in [3.8, 4) is 33.4 Å². The van der Waals surface area contributed by atoms with Gasteiger partial charge in [-0.3, -0.25) is 0 Å². The fourth-order valence-corrected chi connectivity index (χ4v) is 7.25. The van der Waals surface area contributed by atoms with Crippen LogP contribution in [-0.4, -0.2) is 0 Å². The van der Waals surface area contributed by atoms with Gasteiger partial charge in [0.1, 0.15) is 0 Å². The summed E-state index contributed by atoms with van der Waals surface area (Å²) in [6.45, 7) is 0. The number of fused-ring (bicyclic) bond motifs is 1. The summed E-state index contributed by atoms with van der Waals surface area (Å²) < 4.78 is 297. The molecule has 0 radical (unpaired) electrons. The van der Waals surface area contributed by atoms with Crippen molar-refractivity contribution in [3.63, 3.8) is 0 Å². The Labute approximate surface area is 364 Å². The molecule has 0 amide bonds. The average molecular weight is 727 g/mol. The minimum Gasteiger partial charge on any atom is -0.0622 e. The molecule has 55 heavy (non-hydrogen) atoms. The van der Waals surface area contributed by atoms with Crippen LogP contribution < -0.4 is 0 Å². The SMILES string of the molecule is [2H]c1c([2H])c([2H])c(-c2c([2H])c(Cc3c([2H])c([2H])c4c([2H])c([2H])c5c([2H])c([2H])c([2H])c6c([2H])c([2H])c3c4c56)c([2H])c(-c3c([2H])c([2H])c4c([2H])c([2H])c5c([2H])c([2H])c([2H])c6c([2H])c([2H])c3c4c56)c2-c2c([2H])c([2H])c3c([2H])c([2H])c([2H])c([2H])c3c2[2H])c([2H])c1[2H]. The predicted octanol–water partition coefficient (Wildman–Crippen LogP) is 15.2. The molecule has 0 unspecified atom stereocenters. The lowest BCUT2D eigenvalue weighted by molar-refractivity contribution is 1.22. The monoisotopic (exact) mass is 726 g/mol. The maximum absolute atomic E-state index is 10.6. The topological polar surface area (TPSA) is 0 Å². The van der Waals surface area contributed by atoms with E-state index in [2.05, 4.69) is 0 Å². The summed E-state index contributed by atoms with van der Waals surface area (Å²) in [7, 11) is 0. The van der Waals surface area contributed by atoms with Crippen LogP contribution in [0.4, 0.5) is 0 Å². The van der Waals surface area contributed by atoms with Crippen molar-refractivity contribution in [1.29, 1.82) is 0 Å². The molecule has 0 aliphatic heterocycles. The first-order chi connectivity index (χ1) is 40.6. The molecule has 0 N–H and O–H groups in total. The quantitative estimate of drug-likeness (QED) is 0.155. The Morgan fingerprint density at radius 3 is 1.53 bits per heavy atom. The smallest absolute Gasteiger partial charge is 0.0622 e. The minimum absolute atomic E-state index is 0.305. The summed E-state index contributed by atoms with van der Waals surface area (Å²) in [6, 6.07) is -29.9. The van der Waals surface area contributed by atoms with E-state index >= 15 is 0 Å². The Balaban J connectivity index is 1.41. The molecular weight excluding hydrogens is 661 g/mol. The van der Waals surface area contributed by atoms with Crippen molar-refractivity contribution in [2.75, 3.05) is 0 Å². The second kappa shape index (κ2) is 11.7. The average Bonchev–Trinajstić information content (AvgIpc) is 0.819. The molecule has 0 atom stereocenters. The molecule has 0 heterocycles. The van der Waals surface area contributed by atoms with E-state index in [9.17, 15) is 21.9 Å². The van der Waals surface area contributed by atoms with Crippen LogP contribution >= 0.6 is 0 Å². The van der Waals surface area contributed by atoms with Gasteiger partial charge in [-0.1, -0.05) is 187 Å². The zero-order valence-corrected chi connectivity index (χ0v) is 27.7. The van der Waals surface area contributed by atoms with E-state index in [1.54, 1.807) is 0 Å². The van der Waals surface area contributed by atoms with Crippen molar-refractivity contribution in [2.24, 2.45) is 0 Å². The van der Waals surface area contributed by atoms with E-state index < -0.39 is 309 Å². The molecule has 0 aromatic heterocycles. The summed E-state index contributed by atoms with van der Waals surface area (Å²) in [6.07, 6.45) is -1.11. The van der Waals surface area contributed by atoms with Gasteiger partial charge in [-0.05, 0) is 132 Å². The van der Waals surface area contributed by atoms with Crippen LogP contribution in [0, 0.1) is 0 Å². The Morgan fingerprint density at radius 2 is 0.818 bits per heavy atom. The zero-order chi connectivity index (χ0) is 63.9. The Bertz CT molecular complexity index is 5240. The van der Waals surface area contributed by atoms with E-state index in [1.807, 2.05) is 0 Å². The highest BCUT2D eigenvalue weighted by Gasteiger charge is 2.21. The second-order valence-electron chi connectivity index (χ2n) is 12.6. The van der Waals surface area contributed by atoms with Crippen molar-refractivity contribution < 1.29 is 43.9 Å². The maximum Gasteiger partial charge on any atom is 0.0636 e. The van der Waals surface area contributed by atoms with Gasteiger partial charge in [0.05, 0.1) is 43.9 Å². The summed E-state index contributed by atoms with van der Waals surface area (Å²) in [5, 5.41) is -7.25. The summed E-state index contributed by atoms with van der Waals surface area (Å²) in [5.74, 6) is 0. The molecule has 0 aliphatic carbocycles. The zero-order valence-electron chi connectivity index (χ0n) is 59.7. The Kier molecular flexibility index (Phi) is 2.73. The van der Waals surface area contributed by atoms with Gasteiger partial charge in [-0.2, -0.15) is 0 Å². The summed E-state index contributed by atoms with van der Waals surface area (Å²) in [5.41, 5.74) is -7.07. The first-order valence-corrected chi connectivity index (χ1v) is 16.7. The van der Waals surface area contributed by atoms with Gasteiger partial charge in [0.15, 0.2) is 0 Å². The lowest BCUT2D eigenvalue weighted by Crippen LogP contribution is -1.98. The molecule has 0 fully saturated rings. The highest BCUT2D eigenvalue weighted by atomic mass is 14.2. The molecule has 0 saturated carbocycles. The Hall–Kier alpha value is -7.02. The summed E-state index contributed by atoms with van der Waals surface area (Å²) >= 11 is 0. The van der Waals surface area contributed by atoms with E-state index in [1.165, 1.54) is 0 Å². The fourth-order valence-electron chi connectivity index (χ4n) is 7.25. The van der Waals surface area contributed by atoms with Gasteiger partial charge in [0.2, 0.25) is 0 Å². The number of rotatable bonds is 5. The van der Waals surface area contributed by atoms with E-state index in [0.717, 1.165) is 0 Å². The number of hydrogen-bond donors (Lipinski definition) is 0. The fraction of sp³-hybridized carbons (Fsp3) is 0.0182. The van der Waals surface area contributed by atoms with Crippen LogP contribution in [0.3, 0.4) is 0 Å². The van der Waals surface area contributed by atoms with Gasteiger partial charge in [-0.25, -0.2) is 0 Å². The van der Waals surface area contributed by atoms with Crippen LogP contribution in [0.15, 0.2) is 193 Å². The van der Waals surface area contributed by atoms with Crippen LogP contribution in [0.25, 0.3) is 109 Å². The Morgan fingerprint density at radius 1 is 0.309 bits per heavy atom. The molecule has 0 nitrogen and oxygen atoms in total. The molecule has 12 aromatic rings. The molecule has 0 spiro atoms. The van der Waals surface area contributed by atoms with E-state index in [4.69, 9.17) is 21.9 Å². The van der Waals surface area contributed by atoms with Crippen LogP contribution in [0.5, 0.6) is 0 Å². The van der Waals surface area contributed by atoms with Crippen LogP contribution in [0.1, 0.15) is 55.0 Å². The second-order valence-corrected chi connectivity index (χ2v) is 12.6. The third kappa shape index (κ3) is 4.65. The number of hydrogen-bond acceptors (Lipinski definition) is 0. The molecular formula is C55H34. The lowest BCUT2D eigenvalue weighted by Gasteiger charge is -2.22. The van der Waals surface area contributed by atoms with Crippen molar-refractivity contribution in [3.05, 3.63) is 204 Å². The molecule has 0 bridgehead atoms. The lowest BCUT2D eigenvalue weighted by atomic mass is 9.82. The van der Waals surface area contributed by atoms with Gasteiger partial charge < -0.3 is 0 Å². The highest BCUT2D eigenvalue weighted by Crippen LogP contribution is 2.47. The molecule has 254 valence electrons. The van der Waals surface area contributed by atoms with E-state index in [0.29, 0.717) is 0 Å². The highest BCUT2D eigenvalue weighted by molar-refractivity contribution is 6.26. The third-order valence-corrected chi connectivity index (χ3v) is 9.61. The molecule has 12 aromatic carbocycles. The van der Waals surface area contributed by atoms with Crippen LogP contribution in [-0.2, 0) is 6.42 Å². The van der Waals surface area contributed by atoms with E-state index in [-0.39, 0.29) is 10.8 Å². The van der Waals surface area contributed by atoms with Crippen molar-refractivity contribution in [2.45, 2.75) is 6.42 Å².